The van der Waals surface area contributed by atoms with E-state index in [-0.39, 0.29) is 0 Å². The second-order valence-electron chi connectivity index (χ2n) is 3.72. The zero-order chi connectivity index (χ0) is 12.0. The number of rotatable bonds is 1. The van der Waals surface area contributed by atoms with Gasteiger partial charge < -0.3 is 4.57 Å². The van der Waals surface area contributed by atoms with Crippen LogP contribution in [0.5, 0.6) is 0 Å². The summed E-state index contributed by atoms with van der Waals surface area (Å²) in [7, 11) is 2.00. The zero-order valence-electron chi connectivity index (χ0n) is 8.95. The third-order valence-electron chi connectivity index (χ3n) is 2.63. The van der Waals surface area contributed by atoms with Crippen molar-refractivity contribution < 1.29 is 0 Å². The van der Waals surface area contributed by atoms with Crippen molar-refractivity contribution in [2.75, 3.05) is 0 Å². The molecule has 0 unspecified atom stereocenters. The Hall–Kier alpha value is -0.650. The highest BCUT2D eigenvalue weighted by Gasteiger charge is 2.14. The van der Waals surface area contributed by atoms with Crippen LogP contribution in [-0.4, -0.2) is 9.55 Å². The lowest BCUT2D eigenvalue weighted by molar-refractivity contribution is 0.903. The van der Waals surface area contributed by atoms with Gasteiger partial charge in [0.1, 0.15) is 9.21 Å². The van der Waals surface area contributed by atoms with Crippen LogP contribution in [0.25, 0.3) is 20.8 Å². The molecule has 0 aliphatic heterocycles. The molecule has 2 nitrogen and oxygen atoms in total. The summed E-state index contributed by atoms with van der Waals surface area (Å²) in [6.07, 6.45) is 0. The Kier molecular flexibility index (Phi) is 2.84. The third-order valence-corrected chi connectivity index (χ3v) is 5.74. The van der Waals surface area contributed by atoms with Crippen LogP contribution >= 0.6 is 43.2 Å². The van der Waals surface area contributed by atoms with E-state index in [0.717, 1.165) is 15.0 Å². The Labute approximate surface area is 120 Å². The fourth-order valence-corrected chi connectivity index (χ4v) is 3.54. The summed E-state index contributed by atoms with van der Waals surface area (Å²) < 4.78 is 5.13. The SMILES string of the molecule is Cn1c(-c2cc3ccccc3s2)nc(Br)c1Br. The second-order valence-corrected chi connectivity index (χ2v) is 6.31. The molecule has 17 heavy (non-hydrogen) atoms. The highest BCUT2D eigenvalue weighted by atomic mass is 79.9. The van der Waals surface area contributed by atoms with Crippen LogP contribution in [0.3, 0.4) is 0 Å². The molecule has 0 radical (unpaired) electrons. The van der Waals surface area contributed by atoms with Crippen LogP contribution in [0.1, 0.15) is 0 Å². The van der Waals surface area contributed by atoms with Crippen LogP contribution in [0.4, 0.5) is 0 Å². The number of thiophene rings is 1. The van der Waals surface area contributed by atoms with Crippen molar-refractivity contribution in [3.63, 3.8) is 0 Å². The molecular weight excluding hydrogens is 364 g/mol. The number of nitrogens with zero attached hydrogens (tertiary/aromatic N) is 2. The number of aromatic nitrogens is 2. The molecule has 5 heteroatoms. The molecule has 0 fully saturated rings. The molecule has 0 bridgehead atoms. The molecule has 0 atom stereocenters. The van der Waals surface area contributed by atoms with E-state index in [1.165, 1.54) is 15.0 Å². The molecule has 0 aliphatic rings. The van der Waals surface area contributed by atoms with Gasteiger partial charge in [-0.25, -0.2) is 4.98 Å². The van der Waals surface area contributed by atoms with Gasteiger partial charge in [0.2, 0.25) is 0 Å². The lowest BCUT2D eigenvalue weighted by Crippen LogP contribution is -1.90. The minimum Gasteiger partial charge on any atom is -0.320 e. The van der Waals surface area contributed by atoms with E-state index >= 15 is 0 Å². The molecule has 2 aromatic heterocycles. The van der Waals surface area contributed by atoms with Gasteiger partial charge in [-0.15, -0.1) is 11.3 Å². The summed E-state index contributed by atoms with van der Waals surface area (Å²) in [5, 5.41) is 1.27. The summed E-state index contributed by atoms with van der Waals surface area (Å²) >= 11 is 8.69. The van der Waals surface area contributed by atoms with Crippen LogP contribution in [-0.2, 0) is 7.05 Å². The maximum Gasteiger partial charge on any atom is 0.152 e. The highest BCUT2D eigenvalue weighted by molar-refractivity contribution is 9.13. The van der Waals surface area contributed by atoms with Crippen LogP contribution in [0.2, 0.25) is 0 Å². The first-order valence-electron chi connectivity index (χ1n) is 5.03. The van der Waals surface area contributed by atoms with E-state index in [2.05, 4.69) is 67.2 Å². The van der Waals surface area contributed by atoms with Crippen molar-refractivity contribution >= 4 is 53.3 Å². The van der Waals surface area contributed by atoms with Crippen molar-refractivity contribution in [2.45, 2.75) is 0 Å². The molecule has 0 N–H and O–H groups in total. The number of halogens is 2. The van der Waals surface area contributed by atoms with Gasteiger partial charge in [-0.1, -0.05) is 18.2 Å². The first kappa shape index (κ1) is 11.4. The fourth-order valence-electron chi connectivity index (χ4n) is 1.76. The summed E-state index contributed by atoms with van der Waals surface area (Å²) in [6, 6.07) is 10.6. The quantitative estimate of drug-likeness (QED) is 0.599. The summed E-state index contributed by atoms with van der Waals surface area (Å²) in [6.45, 7) is 0. The number of fused-ring (bicyclic) bond motifs is 1. The van der Waals surface area contributed by atoms with Crippen LogP contribution < -0.4 is 0 Å². The molecule has 0 amide bonds. The average Bonchev–Trinajstić information content (AvgIpc) is 2.86. The van der Waals surface area contributed by atoms with Gasteiger partial charge in [-0.05, 0) is 49.4 Å². The molecule has 0 saturated carbocycles. The smallest absolute Gasteiger partial charge is 0.152 e. The Morgan fingerprint density at radius 3 is 2.65 bits per heavy atom. The molecule has 0 spiro atoms. The number of imidazole rings is 1. The lowest BCUT2D eigenvalue weighted by atomic mass is 10.2. The van der Waals surface area contributed by atoms with Crippen molar-refractivity contribution in [3.8, 4) is 10.7 Å². The number of hydrogen-bond donors (Lipinski definition) is 0. The summed E-state index contributed by atoms with van der Waals surface area (Å²) in [5.74, 6) is 0.977. The third kappa shape index (κ3) is 1.86. The topological polar surface area (TPSA) is 17.8 Å². The molecule has 2 heterocycles. The maximum absolute atomic E-state index is 4.52. The fraction of sp³-hybridized carbons (Fsp3) is 0.0833. The highest BCUT2D eigenvalue weighted by Crippen LogP contribution is 2.35. The molecule has 3 rings (SSSR count). The Bertz CT molecular complexity index is 667. The van der Waals surface area contributed by atoms with Crippen molar-refractivity contribution in [1.29, 1.82) is 0 Å². The standard InChI is InChI=1S/C12H8Br2N2S/c1-16-11(14)10(13)15-12(16)9-6-7-4-2-3-5-8(7)17-9/h2-6H,1H3. The van der Waals surface area contributed by atoms with Gasteiger partial charge in [0.15, 0.2) is 5.82 Å². The van der Waals surface area contributed by atoms with E-state index in [9.17, 15) is 0 Å². The summed E-state index contributed by atoms with van der Waals surface area (Å²) in [5.41, 5.74) is 0. The predicted octanol–water partition coefficient (Wildman–Crippen LogP) is 4.83. The molecule has 0 saturated heterocycles. The van der Waals surface area contributed by atoms with Gasteiger partial charge in [0.05, 0.1) is 4.88 Å². The van der Waals surface area contributed by atoms with Crippen molar-refractivity contribution in [2.24, 2.45) is 7.05 Å². The monoisotopic (exact) mass is 370 g/mol. The van der Waals surface area contributed by atoms with Gasteiger partial charge in [-0.3, -0.25) is 0 Å². The lowest BCUT2D eigenvalue weighted by Gasteiger charge is -1.97. The van der Waals surface area contributed by atoms with Crippen molar-refractivity contribution in [1.82, 2.24) is 9.55 Å². The second kappa shape index (κ2) is 4.23. The van der Waals surface area contributed by atoms with Gasteiger partial charge >= 0.3 is 0 Å². The molecule has 3 aromatic rings. The first-order valence-corrected chi connectivity index (χ1v) is 7.44. The van der Waals surface area contributed by atoms with E-state index in [1.807, 2.05) is 11.6 Å². The van der Waals surface area contributed by atoms with Crippen LogP contribution in [0, 0.1) is 0 Å². The Morgan fingerprint density at radius 1 is 1.24 bits per heavy atom. The maximum atomic E-state index is 4.52. The van der Waals surface area contributed by atoms with Gasteiger partial charge in [0.25, 0.3) is 0 Å². The Morgan fingerprint density at radius 2 is 2.00 bits per heavy atom. The molecular formula is C12H8Br2N2S. The van der Waals surface area contributed by atoms with E-state index in [0.29, 0.717) is 0 Å². The zero-order valence-corrected chi connectivity index (χ0v) is 12.9. The average molecular weight is 372 g/mol. The molecule has 0 aliphatic carbocycles. The van der Waals surface area contributed by atoms with Gasteiger partial charge in [-0.2, -0.15) is 0 Å². The van der Waals surface area contributed by atoms with Crippen LogP contribution in [0.15, 0.2) is 39.5 Å². The largest absolute Gasteiger partial charge is 0.320 e. The van der Waals surface area contributed by atoms with E-state index < -0.39 is 0 Å². The van der Waals surface area contributed by atoms with E-state index in [1.54, 1.807) is 11.3 Å². The predicted molar refractivity (Wildman–Crippen MR) is 79.4 cm³/mol. The normalized spacial score (nSPS) is 11.2. The minimum atomic E-state index is 0.840. The van der Waals surface area contributed by atoms with E-state index in [4.69, 9.17) is 0 Å². The number of hydrogen-bond acceptors (Lipinski definition) is 2. The first-order chi connectivity index (χ1) is 8.16. The number of benzene rings is 1. The summed E-state index contributed by atoms with van der Waals surface area (Å²) in [4.78, 5) is 5.70. The minimum absolute atomic E-state index is 0.840. The molecule has 86 valence electrons. The van der Waals surface area contributed by atoms with Crippen molar-refractivity contribution in [3.05, 3.63) is 39.5 Å². The van der Waals surface area contributed by atoms with Gasteiger partial charge in [0, 0.05) is 11.7 Å². The Balaban J connectivity index is 2.23. The molecule has 1 aromatic carbocycles.